The summed E-state index contributed by atoms with van der Waals surface area (Å²) in [6, 6.07) is 10.1. The normalized spacial score (nSPS) is 13.1. The van der Waals surface area contributed by atoms with E-state index in [1.807, 2.05) is 0 Å². The molecule has 0 spiro atoms. The van der Waals surface area contributed by atoms with Gasteiger partial charge in [-0.3, -0.25) is 19.3 Å². The minimum Gasteiger partial charge on any atom is -0.454 e. The number of hydrogen-bond donors (Lipinski definition) is 0. The van der Waals surface area contributed by atoms with Crippen LogP contribution in [0, 0.1) is 0 Å². The Morgan fingerprint density at radius 3 is 2.19 bits per heavy atom. The summed E-state index contributed by atoms with van der Waals surface area (Å²) in [6.07, 6.45) is 0. The Bertz CT molecular complexity index is 949. The average molecular weight is 386 g/mol. The summed E-state index contributed by atoms with van der Waals surface area (Å²) in [5.41, 5.74) is 0.883. The number of benzene rings is 2. The Kier molecular flexibility index (Phi) is 5.10. The Morgan fingerprint density at radius 1 is 0.963 bits per heavy atom. The zero-order chi connectivity index (χ0) is 19.7. The molecule has 2 aromatic carbocycles. The molecule has 0 bridgehead atoms. The van der Waals surface area contributed by atoms with Crippen LogP contribution in [0.2, 0.25) is 5.02 Å². The zero-order valence-electron chi connectivity index (χ0n) is 14.7. The summed E-state index contributed by atoms with van der Waals surface area (Å²) in [4.78, 5) is 50.1. The highest BCUT2D eigenvalue weighted by atomic mass is 35.5. The molecule has 2 aromatic rings. The summed E-state index contributed by atoms with van der Waals surface area (Å²) in [6.45, 7) is 3.03. The topological polar surface area (TPSA) is 80.8 Å². The van der Waals surface area contributed by atoms with E-state index in [4.69, 9.17) is 16.3 Å². The Morgan fingerprint density at radius 2 is 1.56 bits per heavy atom. The molecular weight excluding hydrogens is 370 g/mol. The number of carbonyl (C=O) groups excluding carboxylic acids is 4. The molecule has 6 nitrogen and oxygen atoms in total. The van der Waals surface area contributed by atoms with Crippen molar-refractivity contribution < 1.29 is 23.9 Å². The molecule has 3 rings (SSSR count). The first-order valence-corrected chi connectivity index (χ1v) is 8.65. The van der Waals surface area contributed by atoms with Crippen molar-refractivity contribution in [3.63, 3.8) is 0 Å². The lowest BCUT2D eigenvalue weighted by molar-refractivity contribution is 0.0474. The maximum absolute atomic E-state index is 12.4. The predicted molar refractivity (Wildman–Crippen MR) is 98.1 cm³/mol. The van der Waals surface area contributed by atoms with E-state index in [2.05, 4.69) is 0 Å². The van der Waals surface area contributed by atoms with Crippen LogP contribution < -0.4 is 0 Å². The van der Waals surface area contributed by atoms with Gasteiger partial charge >= 0.3 is 5.97 Å². The third kappa shape index (κ3) is 3.61. The second-order valence-corrected chi connectivity index (χ2v) is 6.78. The number of ether oxygens (including phenoxy) is 1. The summed E-state index contributed by atoms with van der Waals surface area (Å²) in [5.74, 6) is -1.96. The van der Waals surface area contributed by atoms with Crippen molar-refractivity contribution in [2.45, 2.75) is 19.9 Å². The summed E-state index contributed by atoms with van der Waals surface area (Å²) in [5, 5.41) is 0.497. The number of halogens is 1. The van der Waals surface area contributed by atoms with Crippen LogP contribution >= 0.6 is 11.6 Å². The van der Waals surface area contributed by atoms with Crippen LogP contribution in [-0.2, 0) is 4.74 Å². The standard InChI is InChI=1S/C20H16ClNO5/c1-11(2)22-18(24)15-8-5-13(9-16(15)19(22)25)20(26)27-10-17(23)12-3-6-14(21)7-4-12/h3-9,11H,10H2,1-2H3. The first-order chi connectivity index (χ1) is 12.8. The van der Waals surface area contributed by atoms with E-state index in [0.717, 1.165) is 4.90 Å². The van der Waals surface area contributed by atoms with Crippen molar-refractivity contribution in [3.8, 4) is 0 Å². The van der Waals surface area contributed by atoms with Gasteiger partial charge in [0.2, 0.25) is 0 Å². The smallest absolute Gasteiger partial charge is 0.338 e. The molecular formula is C20H16ClNO5. The second-order valence-electron chi connectivity index (χ2n) is 6.34. The molecule has 0 saturated carbocycles. The molecule has 138 valence electrons. The number of nitrogens with zero attached hydrogens (tertiary/aromatic N) is 1. The summed E-state index contributed by atoms with van der Waals surface area (Å²) in [7, 11) is 0. The SMILES string of the molecule is CC(C)N1C(=O)c2ccc(C(=O)OCC(=O)c3ccc(Cl)cc3)cc2C1=O. The van der Waals surface area contributed by atoms with Crippen molar-refractivity contribution in [3.05, 3.63) is 69.7 Å². The molecule has 0 radical (unpaired) electrons. The van der Waals surface area contributed by atoms with E-state index in [9.17, 15) is 19.2 Å². The molecule has 0 N–H and O–H groups in total. The highest BCUT2D eigenvalue weighted by Crippen LogP contribution is 2.26. The van der Waals surface area contributed by atoms with Gasteiger partial charge in [-0.1, -0.05) is 11.6 Å². The molecule has 2 amide bonds. The van der Waals surface area contributed by atoms with Crippen LogP contribution in [0.1, 0.15) is 55.3 Å². The number of ketones is 1. The zero-order valence-corrected chi connectivity index (χ0v) is 15.4. The lowest BCUT2D eigenvalue weighted by atomic mass is 10.1. The van der Waals surface area contributed by atoms with Gasteiger partial charge in [0.1, 0.15) is 0 Å². The number of esters is 1. The van der Waals surface area contributed by atoms with Crippen LogP contribution in [0.4, 0.5) is 0 Å². The maximum atomic E-state index is 12.4. The number of rotatable bonds is 5. The summed E-state index contributed by atoms with van der Waals surface area (Å²) >= 11 is 5.77. The van der Waals surface area contributed by atoms with Crippen LogP contribution in [0.25, 0.3) is 0 Å². The van der Waals surface area contributed by atoms with Gasteiger partial charge in [0.05, 0.1) is 16.7 Å². The summed E-state index contributed by atoms with van der Waals surface area (Å²) < 4.78 is 5.04. The van der Waals surface area contributed by atoms with Crippen molar-refractivity contribution >= 4 is 35.2 Å². The monoisotopic (exact) mass is 385 g/mol. The van der Waals surface area contributed by atoms with Gasteiger partial charge in [0, 0.05) is 16.6 Å². The molecule has 0 aliphatic carbocycles. The molecule has 0 unspecified atom stereocenters. The second kappa shape index (κ2) is 7.32. The molecule has 7 heteroatoms. The van der Waals surface area contributed by atoms with Crippen LogP contribution in [0.5, 0.6) is 0 Å². The quantitative estimate of drug-likeness (QED) is 0.447. The number of hydrogen-bond acceptors (Lipinski definition) is 5. The largest absolute Gasteiger partial charge is 0.454 e. The van der Waals surface area contributed by atoms with Gasteiger partial charge in [-0.05, 0) is 56.3 Å². The average Bonchev–Trinajstić information content (AvgIpc) is 2.90. The van der Waals surface area contributed by atoms with Gasteiger partial charge in [-0.15, -0.1) is 0 Å². The number of carbonyl (C=O) groups is 4. The Balaban J connectivity index is 1.72. The third-order valence-corrected chi connectivity index (χ3v) is 4.42. The minimum atomic E-state index is -0.747. The lowest BCUT2D eigenvalue weighted by Crippen LogP contribution is -2.35. The van der Waals surface area contributed by atoms with Crippen molar-refractivity contribution in [1.82, 2.24) is 4.90 Å². The molecule has 1 aliphatic rings. The number of amides is 2. The van der Waals surface area contributed by atoms with Crippen LogP contribution in [0.15, 0.2) is 42.5 Å². The van der Waals surface area contributed by atoms with Gasteiger partial charge in [-0.2, -0.15) is 0 Å². The van der Waals surface area contributed by atoms with E-state index >= 15 is 0 Å². The predicted octanol–water partition coefficient (Wildman–Crippen LogP) is 3.38. The van der Waals surface area contributed by atoms with Crippen LogP contribution in [-0.4, -0.2) is 41.1 Å². The number of Topliss-reactive ketones (excluding diaryl/α,β-unsaturated/α-hetero) is 1. The van der Waals surface area contributed by atoms with E-state index in [0.29, 0.717) is 10.6 Å². The molecule has 1 aliphatic heterocycles. The molecule has 0 atom stereocenters. The number of fused-ring (bicyclic) bond motifs is 1. The third-order valence-electron chi connectivity index (χ3n) is 4.17. The first kappa shape index (κ1) is 18.8. The minimum absolute atomic E-state index is 0.101. The van der Waals surface area contributed by atoms with Gasteiger partial charge in [-0.25, -0.2) is 4.79 Å². The van der Waals surface area contributed by atoms with E-state index in [1.54, 1.807) is 38.1 Å². The van der Waals surface area contributed by atoms with Crippen molar-refractivity contribution in [1.29, 1.82) is 0 Å². The fourth-order valence-electron chi connectivity index (χ4n) is 2.79. The molecule has 0 fully saturated rings. The lowest BCUT2D eigenvalue weighted by Gasteiger charge is -2.17. The molecule has 0 saturated heterocycles. The van der Waals surface area contributed by atoms with Gasteiger partial charge < -0.3 is 4.74 Å². The van der Waals surface area contributed by atoms with Crippen molar-refractivity contribution in [2.75, 3.05) is 6.61 Å². The fourth-order valence-corrected chi connectivity index (χ4v) is 2.91. The van der Waals surface area contributed by atoms with E-state index in [1.165, 1.54) is 18.2 Å². The van der Waals surface area contributed by atoms with E-state index < -0.39 is 18.5 Å². The molecule has 27 heavy (non-hydrogen) atoms. The first-order valence-electron chi connectivity index (χ1n) is 8.27. The van der Waals surface area contributed by atoms with Crippen LogP contribution in [0.3, 0.4) is 0 Å². The fraction of sp³-hybridized carbons (Fsp3) is 0.200. The molecule has 0 aromatic heterocycles. The van der Waals surface area contributed by atoms with Gasteiger partial charge in [0.15, 0.2) is 12.4 Å². The highest BCUT2D eigenvalue weighted by molar-refractivity contribution is 6.30. The maximum Gasteiger partial charge on any atom is 0.338 e. The van der Waals surface area contributed by atoms with E-state index in [-0.39, 0.29) is 34.4 Å². The van der Waals surface area contributed by atoms with Gasteiger partial charge in [0.25, 0.3) is 11.8 Å². The Hall–Kier alpha value is -2.99. The number of imide groups is 1. The highest BCUT2D eigenvalue weighted by Gasteiger charge is 2.37. The Labute approximate surface area is 160 Å². The van der Waals surface area contributed by atoms with Crippen molar-refractivity contribution in [2.24, 2.45) is 0 Å². The molecule has 1 heterocycles.